The topological polar surface area (TPSA) is 69.9 Å². The number of anilines is 1. The Balaban J connectivity index is 1.62. The van der Waals surface area contributed by atoms with Crippen molar-refractivity contribution >= 4 is 11.6 Å². The minimum absolute atomic E-state index is 0.0527. The average molecular weight is 310 g/mol. The zero-order chi connectivity index (χ0) is 16.2. The van der Waals surface area contributed by atoms with E-state index in [2.05, 4.69) is 15.1 Å². The molecule has 0 spiro atoms. The molecular weight excluding hydrogens is 295 g/mol. The summed E-state index contributed by atoms with van der Waals surface area (Å²) < 4.78 is 12.9. The molecule has 1 saturated heterocycles. The molecule has 3 rings (SSSR count). The van der Waals surface area contributed by atoms with Crippen molar-refractivity contribution in [3.05, 3.63) is 53.5 Å². The second kappa shape index (κ2) is 6.53. The second-order valence-electron chi connectivity index (χ2n) is 5.52. The number of hydrogen-bond acceptors (Lipinski definition) is 5. The molecule has 0 amide bonds. The number of hydrogen-bond donors (Lipinski definition) is 0. The molecule has 1 aromatic heterocycles. The molecule has 1 fully saturated rings. The normalized spacial score (nSPS) is 15.2. The SMILES string of the molecule is N#Cc1ccc(N2CCC(C(=O)c3ccc(F)cc3)CC2)nn1. The minimum atomic E-state index is -0.337. The Bertz CT molecular complexity index is 729. The standard InChI is InChI=1S/C17H15FN4O/c18-14-3-1-12(2-4-14)17(23)13-7-9-22(10-8-13)16-6-5-15(11-19)20-21-16/h1-6,13H,7-10H2. The van der Waals surface area contributed by atoms with Gasteiger partial charge in [0.2, 0.25) is 0 Å². The van der Waals surface area contributed by atoms with Crippen molar-refractivity contribution in [3.8, 4) is 6.07 Å². The lowest BCUT2D eigenvalue weighted by atomic mass is 9.89. The van der Waals surface area contributed by atoms with E-state index >= 15 is 0 Å². The molecule has 1 aromatic carbocycles. The van der Waals surface area contributed by atoms with Crippen LogP contribution in [0.2, 0.25) is 0 Å². The highest BCUT2D eigenvalue weighted by molar-refractivity contribution is 5.97. The molecular formula is C17H15FN4O. The molecule has 0 radical (unpaired) electrons. The first-order chi connectivity index (χ1) is 11.2. The van der Waals surface area contributed by atoms with Gasteiger partial charge in [-0.15, -0.1) is 10.2 Å². The van der Waals surface area contributed by atoms with Crippen LogP contribution < -0.4 is 4.90 Å². The molecule has 1 aliphatic heterocycles. The van der Waals surface area contributed by atoms with E-state index in [9.17, 15) is 9.18 Å². The molecule has 0 unspecified atom stereocenters. The molecule has 0 saturated carbocycles. The van der Waals surface area contributed by atoms with Gasteiger partial charge in [-0.05, 0) is 49.2 Å². The maximum atomic E-state index is 12.9. The summed E-state index contributed by atoms with van der Waals surface area (Å²) in [4.78, 5) is 14.5. The number of carbonyl (C=O) groups is 1. The highest BCUT2D eigenvalue weighted by atomic mass is 19.1. The zero-order valence-electron chi connectivity index (χ0n) is 12.4. The van der Waals surface area contributed by atoms with Gasteiger partial charge in [0.25, 0.3) is 0 Å². The van der Waals surface area contributed by atoms with Gasteiger partial charge < -0.3 is 4.90 Å². The predicted molar refractivity (Wildman–Crippen MR) is 82.4 cm³/mol. The van der Waals surface area contributed by atoms with Gasteiger partial charge in [0.05, 0.1) is 0 Å². The largest absolute Gasteiger partial charge is 0.355 e. The number of Topliss-reactive ketones (excluding diaryl/α,β-unsaturated/α-hetero) is 1. The number of carbonyl (C=O) groups excluding carboxylic acids is 1. The number of ketones is 1. The molecule has 2 aromatic rings. The van der Waals surface area contributed by atoms with Crippen molar-refractivity contribution in [1.29, 1.82) is 5.26 Å². The Labute approximate surface area is 133 Å². The van der Waals surface area contributed by atoms with Gasteiger partial charge in [-0.1, -0.05) is 0 Å². The van der Waals surface area contributed by atoms with Gasteiger partial charge in [-0.2, -0.15) is 5.26 Å². The summed E-state index contributed by atoms with van der Waals surface area (Å²) >= 11 is 0. The number of benzene rings is 1. The molecule has 1 aliphatic rings. The van der Waals surface area contributed by atoms with E-state index in [0.717, 1.165) is 18.7 Å². The Kier molecular flexibility index (Phi) is 4.29. The fourth-order valence-electron chi connectivity index (χ4n) is 2.77. The molecule has 0 bridgehead atoms. The van der Waals surface area contributed by atoms with E-state index in [0.29, 0.717) is 18.7 Å². The molecule has 0 N–H and O–H groups in total. The number of aromatic nitrogens is 2. The third-order valence-corrected chi connectivity index (χ3v) is 4.08. The number of rotatable bonds is 3. The van der Waals surface area contributed by atoms with Crippen LogP contribution in [0.25, 0.3) is 0 Å². The van der Waals surface area contributed by atoms with E-state index in [4.69, 9.17) is 5.26 Å². The number of piperidine rings is 1. The minimum Gasteiger partial charge on any atom is -0.355 e. The highest BCUT2D eigenvalue weighted by Crippen LogP contribution is 2.24. The Morgan fingerprint density at radius 2 is 1.83 bits per heavy atom. The van der Waals surface area contributed by atoms with E-state index in [1.165, 1.54) is 24.3 Å². The predicted octanol–water partition coefficient (Wildman–Crippen LogP) is 2.59. The van der Waals surface area contributed by atoms with Crippen LogP contribution in [0, 0.1) is 23.1 Å². The van der Waals surface area contributed by atoms with Crippen LogP contribution >= 0.6 is 0 Å². The number of nitriles is 1. The van der Waals surface area contributed by atoms with E-state index in [1.54, 1.807) is 12.1 Å². The summed E-state index contributed by atoms with van der Waals surface area (Å²) in [5, 5.41) is 16.6. The number of nitrogens with zero attached hydrogens (tertiary/aromatic N) is 4. The lowest BCUT2D eigenvalue weighted by Crippen LogP contribution is -2.37. The summed E-state index contributed by atoms with van der Waals surface area (Å²) in [5.41, 5.74) is 0.845. The molecule has 6 heteroatoms. The van der Waals surface area contributed by atoms with Crippen LogP contribution in [-0.2, 0) is 0 Å². The highest BCUT2D eigenvalue weighted by Gasteiger charge is 2.26. The van der Waals surface area contributed by atoms with Gasteiger partial charge in [0, 0.05) is 24.6 Å². The quantitative estimate of drug-likeness (QED) is 0.815. The van der Waals surface area contributed by atoms with Crippen molar-refractivity contribution < 1.29 is 9.18 Å². The van der Waals surface area contributed by atoms with Crippen LogP contribution in [0.3, 0.4) is 0 Å². The summed E-state index contributed by atoms with van der Waals surface area (Å²) in [6.07, 6.45) is 1.44. The fraction of sp³-hybridized carbons (Fsp3) is 0.294. The van der Waals surface area contributed by atoms with Crippen LogP contribution in [-0.4, -0.2) is 29.1 Å². The van der Waals surface area contributed by atoms with Crippen LogP contribution in [0.1, 0.15) is 28.9 Å². The molecule has 116 valence electrons. The molecule has 5 nitrogen and oxygen atoms in total. The molecule has 0 aliphatic carbocycles. The van der Waals surface area contributed by atoms with Gasteiger partial charge >= 0.3 is 0 Å². The lowest BCUT2D eigenvalue weighted by molar-refractivity contribution is 0.0900. The van der Waals surface area contributed by atoms with Gasteiger partial charge in [-0.25, -0.2) is 4.39 Å². The lowest BCUT2D eigenvalue weighted by Gasteiger charge is -2.31. The Morgan fingerprint density at radius 3 is 2.39 bits per heavy atom. The van der Waals surface area contributed by atoms with E-state index < -0.39 is 0 Å². The Hall–Kier alpha value is -2.81. The maximum Gasteiger partial charge on any atom is 0.166 e. The van der Waals surface area contributed by atoms with Gasteiger partial charge in [0.1, 0.15) is 11.9 Å². The van der Waals surface area contributed by atoms with Crippen LogP contribution in [0.4, 0.5) is 10.2 Å². The van der Waals surface area contributed by atoms with Crippen molar-refractivity contribution in [2.75, 3.05) is 18.0 Å². The third kappa shape index (κ3) is 3.34. The van der Waals surface area contributed by atoms with Crippen molar-refractivity contribution in [1.82, 2.24) is 10.2 Å². The Morgan fingerprint density at radius 1 is 1.13 bits per heavy atom. The molecule has 0 atom stereocenters. The zero-order valence-corrected chi connectivity index (χ0v) is 12.4. The summed E-state index contributed by atoms with van der Waals surface area (Å²) in [6, 6.07) is 11.1. The first kappa shape index (κ1) is 15.1. The summed E-state index contributed by atoms with van der Waals surface area (Å²) in [6.45, 7) is 1.41. The van der Waals surface area contributed by atoms with Gasteiger partial charge in [0.15, 0.2) is 17.3 Å². The monoisotopic (exact) mass is 310 g/mol. The van der Waals surface area contributed by atoms with E-state index in [1.807, 2.05) is 6.07 Å². The van der Waals surface area contributed by atoms with Crippen molar-refractivity contribution in [2.24, 2.45) is 5.92 Å². The van der Waals surface area contributed by atoms with Crippen LogP contribution in [0.15, 0.2) is 36.4 Å². The second-order valence-corrected chi connectivity index (χ2v) is 5.52. The van der Waals surface area contributed by atoms with Crippen molar-refractivity contribution in [2.45, 2.75) is 12.8 Å². The van der Waals surface area contributed by atoms with E-state index in [-0.39, 0.29) is 23.2 Å². The first-order valence-electron chi connectivity index (χ1n) is 7.46. The van der Waals surface area contributed by atoms with Gasteiger partial charge in [-0.3, -0.25) is 4.79 Å². The molecule has 23 heavy (non-hydrogen) atoms. The fourth-order valence-corrected chi connectivity index (χ4v) is 2.77. The van der Waals surface area contributed by atoms with Crippen molar-refractivity contribution in [3.63, 3.8) is 0 Å². The molecule has 2 heterocycles. The van der Waals surface area contributed by atoms with Crippen LogP contribution in [0.5, 0.6) is 0 Å². The number of halogens is 1. The maximum absolute atomic E-state index is 12.9. The first-order valence-corrected chi connectivity index (χ1v) is 7.46. The summed E-state index contributed by atoms with van der Waals surface area (Å²) in [5.74, 6) is 0.394. The average Bonchev–Trinajstić information content (AvgIpc) is 2.62. The summed E-state index contributed by atoms with van der Waals surface area (Å²) in [7, 11) is 0. The smallest absolute Gasteiger partial charge is 0.166 e. The third-order valence-electron chi connectivity index (χ3n) is 4.08.